The van der Waals surface area contributed by atoms with Crippen LogP contribution in [0.15, 0.2) is 41.3 Å². The summed E-state index contributed by atoms with van der Waals surface area (Å²) in [5.41, 5.74) is 4.06. The molecule has 0 fully saturated rings. The molecule has 0 radical (unpaired) electrons. The lowest BCUT2D eigenvalue weighted by molar-refractivity contribution is -2.00. The summed E-state index contributed by atoms with van der Waals surface area (Å²) >= 11 is 0. The van der Waals surface area contributed by atoms with Gasteiger partial charge in [-0.1, -0.05) is 6.07 Å². The predicted octanol–water partition coefficient (Wildman–Crippen LogP) is -3.22. The van der Waals surface area contributed by atoms with E-state index in [2.05, 4.69) is 12.1 Å². The van der Waals surface area contributed by atoms with Crippen LogP contribution < -0.4 is 28.3 Å². The fourth-order valence-electron chi connectivity index (χ4n) is 2.31. The highest BCUT2D eigenvalue weighted by atomic mass is 35.7. The Labute approximate surface area is 142 Å². The maximum atomic E-state index is 11.4. The fraction of sp³-hybridized carbons (Fsp3) is 0.214. The zero-order valence-corrected chi connectivity index (χ0v) is 14.8. The maximum absolute atomic E-state index is 11.4. The third-order valence-corrected chi connectivity index (χ3v) is 3.89. The summed E-state index contributed by atoms with van der Waals surface area (Å²) in [6, 6.07) is 10.8. The number of rotatable bonds is 2. The number of benzene rings is 1. The number of aromatic nitrogens is 1. The van der Waals surface area contributed by atoms with Gasteiger partial charge in [0.15, 0.2) is 11.4 Å². The van der Waals surface area contributed by atoms with Crippen molar-refractivity contribution in [3.05, 3.63) is 53.3 Å². The van der Waals surface area contributed by atoms with Gasteiger partial charge in [-0.25, -0.2) is 32.2 Å². The second kappa shape index (κ2) is 7.53. The van der Waals surface area contributed by atoms with Crippen molar-refractivity contribution in [2.45, 2.75) is 25.7 Å². The van der Waals surface area contributed by atoms with Gasteiger partial charge in [-0.2, -0.15) is 4.57 Å². The first-order valence-corrected chi connectivity index (χ1v) is 9.32. The van der Waals surface area contributed by atoms with Gasteiger partial charge in [-0.05, 0) is 18.6 Å². The zero-order chi connectivity index (χ0) is 18.7. The van der Waals surface area contributed by atoms with E-state index >= 15 is 0 Å². The van der Waals surface area contributed by atoms with Crippen molar-refractivity contribution in [2.75, 3.05) is 0 Å². The van der Waals surface area contributed by atoms with Gasteiger partial charge in [0.05, 0.1) is 4.90 Å². The highest BCUT2D eigenvalue weighted by Crippen LogP contribution is 2.12. The molecule has 2 rings (SSSR count). The lowest BCUT2D eigenvalue weighted by Gasteiger charge is -2.17. The van der Waals surface area contributed by atoms with Crippen LogP contribution in [0.1, 0.15) is 17.0 Å². The van der Waals surface area contributed by atoms with Crippen LogP contribution in [0.2, 0.25) is 0 Å². The summed E-state index contributed by atoms with van der Waals surface area (Å²) in [5, 5.41) is 5.17. The number of halogens is 1. The lowest BCUT2D eigenvalue weighted by Crippen LogP contribution is -2.68. The summed E-state index contributed by atoms with van der Waals surface area (Å²) < 4.78 is 58.8. The predicted molar refractivity (Wildman–Crippen MR) is 73.6 cm³/mol. The molecule has 0 aliphatic carbocycles. The number of nitrogens with zero attached hydrogens (tertiary/aromatic N) is 1. The normalized spacial score (nSPS) is 11.7. The molecule has 0 amide bonds. The van der Waals surface area contributed by atoms with E-state index in [0.717, 1.165) is 17.1 Å². The van der Waals surface area contributed by atoms with E-state index in [1.165, 1.54) is 11.6 Å². The minimum absolute atomic E-state index is 0.122. The molecule has 0 bridgehead atoms. The third-order valence-electron chi connectivity index (χ3n) is 2.98. The third kappa shape index (κ3) is 6.49. The van der Waals surface area contributed by atoms with Crippen LogP contribution in [-0.2, 0) is 10.0 Å². The number of nitrogens with two attached hydrogens (primary N) is 1. The average Bonchev–Trinajstić information content (AvgIpc) is 2.34. The zero-order valence-electron chi connectivity index (χ0n) is 13.2. The van der Waals surface area contributed by atoms with Gasteiger partial charge in [0.25, 0.3) is 0 Å². The first-order valence-electron chi connectivity index (χ1n) is 6.54. The van der Waals surface area contributed by atoms with Crippen LogP contribution in [0.25, 0.3) is 5.69 Å². The Kier molecular flexibility index (Phi) is 6.42. The van der Waals surface area contributed by atoms with E-state index in [9.17, 15) is 8.42 Å². The van der Waals surface area contributed by atoms with Gasteiger partial charge >= 0.3 is 0 Å². The van der Waals surface area contributed by atoms with Crippen LogP contribution in [0.5, 0.6) is 0 Å². The number of aryl methyl sites for hydroxylation is 3. The summed E-state index contributed by atoms with van der Waals surface area (Å²) in [5.74, 6) is 0. The minimum atomic E-state index is -4.94. The van der Waals surface area contributed by atoms with E-state index in [1.54, 1.807) is 12.1 Å². The molecule has 24 heavy (non-hydrogen) atoms. The SMILES string of the molecule is Cc1cc(C)[n+](-c2cccc(S(N)(=O)=O)c2)c(C)c1.[O-][Cl+3]([O-])([O-])[O-]. The van der Waals surface area contributed by atoms with Crippen molar-refractivity contribution in [3.8, 4) is 5.69 Å². The van der Waals surface area contributed by atoms with Crippen molar-refractivity contribution in [2.24, 2.45) is 5.14 Å². The molecule has 0 saturated carbocycles. The average molecular weight is 377 g/mol. The first-order chi connectivity index (χ1) is 10.8. The molecule has 1 aromatic heterocycles. The number of hydrogen-bond donors (Lipinski definition) is 1. The summed E-state index contributed by atoms with van der Waals surface area (Å²) in [6.45, 7) is 6.01. The van der Waals surface area contributed by atoms with Crippen LogP contribution >= 0.6 is 0 Å². The Hall–Kier alpha value is -1.59. The van der Waals surface area contributed by atoms with E-state index < -0.39 is 20.3 Å². The molecule has 0 saturated heterocycles. The standard InChI is InChI=1S/C14H17N2O2S.ClHO4/c1-10-7-11(2)16(12(3)8-10)13-5-4-6-14(9-13)19(15,17)18;2-1(3,4)5/h4-9H,1-3H3,(H2,15,17,18);(H,2,3,4,5)/q+1;/p-1. The summed E-state index contributed by atoms with van der Waals surface area (Å²) in [6.07, 6.45) is 0. The van der Waals surface area contributed by atoms with E-state index in [1.807, 2.05) is 31.4 Å². The molecule has 8 nitrogen and oxygen atoms in total. The van der Waals surface area contributed by atoms with Gasteiger partial charge in [0.2, 0.25) is 15.7 Å². The quantitative estimate of drug-likeness (QED) is 0.543. The second-order valence-corrected chi connectivity index (χ2v) is 7.39. The smallest absolute Gasteiger partial charge is 0.225 e. The van der Waals surface area contributed by atoms with Gasteiger partial charge in [-0.3, -0.25) is 0 Å². The minimum Gasteiger partial charge on any atom is -0.225 e. The van der Waals surface area contributed by atoms with E-state index in [-0.39, 0.29) is 4.90 Å². The van der Waals surface area contributed by atoms with E-state index in [4.69, 9.17) is 23.8 Å². The molecule has 0 atom stereocenters. The number of primary sulfonamides is 1. The highest BCUT2D eigenvalue weighted by Gasteiger charge is 2.17. The van der Waals surface area contributed by atoms with Crippen molar-refractivity contribution in [1.29, 1.82) is 0 Å². The summed E-state index contributed by atoms with van der Waals surface area (Å²) in [7, 11) is -8.62. The second-order valence-electron chi connectivity index (χ2n) is 5.07. The van der Waals surface area contributed by atoms with Crippen LogP contribution in [0.4, 0.5) is 0 Å². The fourth-order valence-corrected chi connectivity index (χ4v) is 2.87. The molecule has 0 aliphatic rings. The molecule has 0 spiro atoms. The Morgan fingerprint density at radius 1 is 0.958 bits per heavy atom. The van der Waals surface area contributed by atoms with Crippen molar-refractivity contribution in [3.63, 3.8) is 0 Å². The Bertz CT molecular complexity index is 804. The number of sulfonamides is 1. The molecule has 2 N–H and O–H groups in total. The highest BCUT2D eigenvalue weighted by molar-refractivity contribution is 7.89. The Morgan fingerprint density at radius 3 is 1.83 bits per heavy atom. The van der Waals surface area contributed by atoms with Gasteiger partial charge in [0.1, 0.15) is 0 Å². The van der Waals surface area contributed by atoms with Crippen molar-refractivity contribution >= 4 is 10.0 Å². The summed E-state index contributed by atoms with van der Waals surface area (Å²) in [4.78, 5) is 0.122. The molecule has 132 valence electrons. The van der Waals surface area contributed by atoms with Crippen LogP contribution in [0.3, 0.4) is 0 Å². The van der Waals surface area contributed by atoms with Crippen molar-refractivity contribution in [1.82, 2.24) is 0 Å². The molecule has 1 heterocycles. The first kappa shape index (κ1) is 20.5. The molecule has 10 heteroatoms. The molecule has 0 unspecified atom stereocenters. The molecule has 0 aliphatic heterocycles. The van der Waals surface area contributed by atoms with Crippen molar-refractivity contribution < 1.29 is 41.9 Å². The number of pyridine rings is 1. The van der Waals surface area contributed by atoms with Crippen LogP contribution in [-0.4, -0.2) is 8.42 Å². The largest absolute Gasteiger partial charge is 0.238 e. The Balaban J connectivity index is 0.000000505. The molecular formula is C14H17ClN2O6S. The Morgan fingerprint density at radius 2 is 1.42 bits per heavy atom. The lowest BCUT2D eigenvalue weighted by atomic mass is 10.2. The van der Waals surface area contributed by atoms with E-state index in [0.29, 0.717) is 0 Å². The van der Waals surface area contributed by atoms with Crippen LogP contribution in [0, 0.1) is 31.0 Å². The maximum Gasteiger partial charge on any atom is 0.238 e. The van der Waals surface area contributed by atoms with Gasteiger partial charge in [0, 0.05) is 38.1 Å². The number of hydrogen-bond acceptors (Lipinski definition) is 6. The monoisotopic (exact) mass is 376 g/mol. The molecule has 1 aromatic carbocycles. The van der Waals surface area contributed by atoms with Gasteiger partial charge in [-0.15, -0.1) is 10.2 Å². The molecular weight excluding hydrogens is 360 g/mol. The van der Waals surface area contributed by atoms with Gasteiger partial charge < -0.3 is 0 Å². The molecule has 2 aromatic rings. The topological polar surface area (TPSA) is 156 Å².